The minimum atomic E-state index is -0.474. The summed E-state index contributed by atoms with van der Waals surface area (Å²) in [6, 6.07) is 0. The van der Waals surface area contributed by atoms with Gasteiger partial charge in [0.25, 0.3) is 0 Å². The second-order valence-corrected chi connectivity index (χ2v) is 10.2. The lowest BCUT2D eigenvalue weighted by atomic mass is 9.53. The van der Waals surface area contributed by atoms with E-state index >= 15 is 0 Å². The number of aliphatic hydroxyl groups excluding tert-OH is 1. The Labute approximate surface area is 179 Å². The number of nitrogens with one attached hydrogen (secondary N) is 1. The van der Waals surface area contributed by atoms with Crippen LogP contribution in [0.2, 0.25) is 0 Å². The number of aromatic nitrogens is 1. The number of nitrogens with zero attached hydrogens (tertiary/aromatic N) is 2. The van der Waals surface area contributed by atoms with E-state index < -0.39 is 6.10 Å². The molecule has 1 unspecified atom stereocenters. The molecule has 1 amide bonds. The van der Waals surface area contributed by atoms with Crippen molar-refractivity contribution >= 4 is 22.4 Å². The van der Waals surface area contributed by atoms with E-state index in [1.807, 2.05) is 31.7 Å². The van der Waals surface area contributed by atoms with Gasteiger partial charge in [0.05, 0.1) is 11.8 Å². The van der Waals surface area contributed by atoms with Gasteiger partial charge in [0.1, 0.15) is 0 Å². The maximum absolute atomic E-state index is 13.0. The van der Waals surface area contributed by atoms with E-state index in [0.29, 0.717) is 6.54 Å². The number of hydrogen-bond acceptors (Lipinski definition) is 5. The monoisotopic (exact) mass is 419 g/mol. The minimum Gasteiger partial charge on any atom is -0.392 e. The van der Waals surface area contributed by atoms with Crippen LogP contribution in [-0.2, 0) is 11.2 Å². The number of carbonyl (C=O) groups excluding carboxylic acids is 1. The van der Waals surface area contributed by atoms with Gasteiger partial charge < -0.3 is 15.3 Å². The van der Waals surface area contributed by atoms with Gasteiger partial charge in [-0.3, -0.25) is 4.79 Å². The molecule has 0 saturated heterocycles. The molecule has 2 aliphatic carbocycles. The molecule has 1 heterocycles. The lowest BCUT2D eigenvalue weighted by Gasteiger charge is -2.53. The molecule has 6 heteroatoms. The molecular weight excluding hydrogens is 382 g/mol. The number of aliphatic hydroxyl groups is 1. The predicted octanol–water partition coefficient (Wildman–Crippen LogP) is 4.30. The van der Waals surface area contributed by atoms with Crippen molar-refractivity contribution < 1.29 is 9.90 Å². The van der Waals surface area contributed by atoms with Crippen LogP contribution in [0.1, 0.15) is 63.9 Å². The summed E-state index contributed by atoms with van der Waals surface area (Å²) in [5.74, 6) is 0.365. The summed E-state index contributed by atoms with van der Waals surface area (Å²) < 4.78 is 0. The molecule has 2 aliphatic rings. The Kier molecular flexibility index (Phi) is 6.74. The molecule has 1 saturated carbocycles. The zero-order valence-electron chi connectivity index (χ0n) is 18.6. The lowest BCUT2D eigenvalue weighted by molar-refractivity contribution is -0.144. The van der Waals surface area contributed by atoms with Gasteiger partial charge in [-0.25, -0.2) is 4.98 Å². The van der Waals surface area contributed by atoms with Crippen LogP contribution in [0.3, 0.4) is 0 Å². The average molecular weight is 420 g/mol. The lowest BCUT2D eigenvalue weighted by Crippen LogP contribution is -2.53. The van der Waals surface area contributed by atoms with Crippen molar-refractivity contribution in [1.82, 2.24) is 9.88 Å². The Bertz CT molecular complexity index is 744. The van der Waals surface area contributed by atoms with Gasteiger partial charge in [-0.15, -0.1) is 17.9 Å². The largest absolute Gasteiger partial charge is 0.392 e. The third-order valence-electron chi connectivity index (χ3n) is 7.43. The first-order valence-electron chi connectivity index (χ1n) is 11.1. The zero-order chi connectivity index (χ0) is 21.3. The molecule has 1 aromatic heterocycles. The van der Waals surface area contributed by atoms with Gasteiger partial charge in [0, 0.05) is 36.3 Å². The van der Waals surface area contributed by atoms with Gasteiger partial charge in [-0.05, 0) is 50.4 Å². The van der Waals surface area contributed by atoms with Crippen LogP contribution in [0.15, 0.2) is 12.7 Å². The summed E-state index contributed by atoms with van der Waals surface area (Å²) in [5.41, 5.74) is 1.19. The van der Waals surface area contributed by atoms with Crippen molar-refractivity contribution in [3.63, 3.8) is 0 Å². The molecule has 0 radical (unpaired) electrons. The van der Waals surface area contributed by atoms with E-state index in [-0.39, 0.29) is 35.0 Å². The number of fused-ring (bicyclic) bond motifs is 2. The predicted molar refractivity (Wildman–Crippen MR) is 120 cm³/mol. The summed E-state index contributed by atoms with van der Waals surface area (Å²) in [6.07, 6.45) is 4.29. The Hall–Kier alpha value is -1.40. The first-order valence-corrected chi connectivity index (χ1v) is 11.9. The van der Waals surface area contributed by atoms with Crippen LogP contribution in [0.4, 0.5) is 5.13 Å². The van der Waals surface area contributed by atoms with Crippen molar-refractivity contribution in [1.29, 1.82) is 0 Å². The molecule has 1 fully saturated rings. The van der Waals surface area contributed by atoms with E-state index in [2.05, 4.69) is 25.7 Å². The van der Waals surface area contributed by atoms with E-state index in [1.54, 1.807) is 11.3 Å². The number of amides is 1. The fraction of sp³-hybridized carbons (Fsp3) is 0.739. The number of hydrogen-bond donors (Lipinski definition) is 2. The van der Waals surface area contributed by atoms with Crippen LogP contribution in [0.25, 0.3) is 0 Å². The number of rotatable bonds is 7. The van der Waals surface area contributed by atoms with E-state index in [0.717, 1.165) is 43.2 Å². The standard InChI is InChI=1S/C23H37N3O2S/c1-7-12-24-22-25-19-15(5)18-20(27)16(14(4)21(28)26(8-2)9-3)10-11-23(18,6)13-17(19)29-22/h7,14-16,18,20,27H,1,8-13H2,2-6H3,(H,24,25)/t14-,15-,16?,18+,20-,23-/m0/s1. The highest BCUT2D eigenvalue weighted by molar-refractivity contribution is 7.15. The molecule has 0 bridgehead atoms. The molecule has 2 N–H and O–H groups in total. The highest BCUT2D eigenvalue weighted by Gasteiger charge is 2.54. The average Bonchev–Trinajstić information content (AvgIpc) is 3.09. The van der Waals surface area contributed by atoms with Crippen LogP contribution < -0.4 is 5.32 Å². The van der Waals surface area contributed by atoms with E-state index in [9.17, 15) is 9.90 Å². The Balaban J connectivity index is 1.84. The Morgan fingerprint density at radius 1 is 1.48 bits per heavy atom. The molecule has 1 aromatic rings. The van der Waals surface area contributed by atoms with Gasteiger partial charge >= 0.3 is 0 Å². The molecule has 29 heavy (non-hydrogen) atoms. The Morgan fingerprint density at radius 2 is 2.17 bits per heavy atom. The van der Waals surface area contributed by atoms with Crippen molar-refractivity contribution in [2.45, 2.75) is 65.9 Å². The van der Waals surface area contributed by atoms with Gasteiger partial charge in [0.2, 0.25) is 5.91 Å². The number of anilines is 1. The van der Waals surface area contributed by atoms with E-state index in [4.69, 9.17) is 4.98 Å². The van der Waals surface area contributed by atoms with Crippen LogP contribution in [0.5, 0.6) is 0 Å². The number of thiazole rings is 1. The summed E-state index contributed by atoms with van der Waals surface area (Å²) in [7, 11) is 0. The number of carbonyl (C=O) groups is 1. The van der Waals surface area contributed by atoms with Crippen LogP contribution >= 0.6 is 11.3 Å². The van der Waals surface area contributed by atoms with Crippen molar-refractivity contribution in [2.75, 3.05) is 25.0 Å². The summed E-state index contributed by atoms with van der Waals surface area (Å²) >= 11 is 1.74. The first kappa shape index (κ1) is 22.3. The SMILES string of the molecule is C=CCNc1nc2c(s1)C[C@]1(C)CCC([C@H](C)C(=O)N(CC)CC)[C@H](O)[C@H]1[C@@H]2C. The molecule has 6 atom stereocenters. The minimum absolute atomic E-state index is 0.0159. The van der Waals surface area contributed by atoms with Gasteiger partial charge in [-0.1, -0.05) is 26.8 Å². The van der Waals surface area contributed by atoms with Crippen molar-refractivity contribution in [2.24, 2.45) is 23.2 Å². The van der Waals surface area contributed by atoms with Crippen molar-refractivity contribution in [3.05, 3.63) is 23.2 Å². The highest BCUT2D eigenvalue weighted by Crippen LogP contribution is 2.57. The second-order valence-electron chi connectivity index (χ2n) is 9.13. The molecule has 3 rings (SSSR count). The van der Waals surface area contributed by atoms with Crippen LogP contribution in [0, 0.1) is 23.2 Å². The second kappa shape index (κ2) is 8.76. The molecular formula is C23H37N3O2S. The fourth-order valence-corrected chi connectivity index (χ4v) is 7.06. The molecule has 5 nitrogen and oxygen atoms in total. The Morgan fingerprint density at radius 3 is 2.79 bits per heavy atom. The zero-order valence-corrected chi connectivity index (χ0v) is 19.4. The van der Waals surface area contributed by atoms with Crippen LogP contribution in [-0.4, -0.2) is 46.6 Å². The fourth-order valence-electron chi connectivity index (χ4n) is 5.79. The summed E-state index contributed by atoms with van der Waals surface area (Å²) in [5, 5.41) is 15.8. The maximum atomic E-state index is 13.0. The third kappa shape index (κ3) is 3.98. The normalized spacial score (nSPS) is 32.1. The topological polar surface area (TPSA) is 65.5 Å². The molecule has 0 spiro atoms. The smallest absolute Gasteiger partial charge is 0.225 e. The molecule has 0 aromatic carbocycles. The highest BCUT2D eigenvalue weighted by atomic mass is 32.1. The van der Waals surface area contributed by atoms with E-state index in [1.165, 1.54) is 4.88 Å². The van der Waals surface area contributed by atoms with Crippen molar-refractivity contribution in [3.8, 4) is 0 Å². The molecule has 0 aliphatic heterocycles. The maximum Gasteiger partial charge on any atom is 0.225 e. The molecule has 162 valence electrons. The third-order valence-corrected chi connectivity index (χ3v) is 8.46. The quantitative estimate of drug-likeness (QED) is 0.647. The first-order chi connectivity index (χ1) is 13.8. The van der Waals surface area contributed by atoms with Gasteiger partial charge in [-0.2, -0.15) is 0 Å². The summed E-state index contributed by atoms with van der Waals surface area (Å²) in [6.45, 7) is 16.5. The van der Waals surface area contributed by atoms with Gasteiger partial charge in [0.15, 0.2) is 5.13 Å². The summed E-state index contributed by atoms with van der Waals surface area (Å²) in [4.78, 5) is 21.1.